The van der Waals surface area contributed by atoms with E-state index < -0.39 is 11.8 Å². The van der Waals surface area contributed by atoms with Crippen LogP contribution in [0, 0.1) is 12.8 Å². The van der Waals surface area contributed by atoms with Crippen LogP contribution in [0.1, 0.15) is 28.8 Å². The standard InChI is InChI=1S/C18H22N2O4/c1-3-23-15-7-5-13(6-8-15)10-14(17(19)21)11-20-18(22)16-9-4-12(2)24-16/h4-9,14H,3,10-11H2,1-2H3,(H2,19,21)(H,20,22)/t14-/m0/s1. The van der Waals surface area contributed by atoms with Gasteiger partial charge in [-0.05, 0) is 50.1 Å². The lowest BCUT2D eigenvalue weighted by Gasteiger charge is -2.14. The van der Waals surface area contributed by atoms with Crippen LogP contribution in [0.25, 0.3) is 0 Å². The van der Waals surface area contributed by atoms with Crippen LogP contribution in [0.4, 0.5) is 0 Å². The lowest BCUT2D eigenvalue weighted by Crippen LogP contribution is -2.37. The number of primary amides is 1. The Labute approximate surface area is 141 Å². The van der Waals surface area contributed by atoms with Gasteiger partial charge in [-0.2, -0.15) is 0 Å². The highest BCUT2D eigenvalue weighted by molar-refractivity contribution is 5.91. The van der Waals surface area contributed by atoms with Gasteiger partial charge in [-0.25, -0.2) is 0 Å². The number of furan rings is 1. The van der Waals surface area contributed by atoms with E-state index >= 15 is 0 Å². The van der Waals surface area contributed by atoms with E-state index in [1.54, 1.807) is 19.1 Å². The molecule has 0 aliphatic rings. The molecule has 128 valence electrons. The molecular formula is C18H22N2O4. The van der Waals surface area contributed by atoms with E-state index in [-0.39, 0.29) is 18.2 Å². The molecule has 0 saturated carbocycles. The van der Waals surface area contributed by atoms with Crippen molar-refractivity contribution in [3.8, 4) is 5.75 Å². The molecule has 0 spiro atoms. The van der Waals surface area contributed by atoms with Crippen molar-refractivity contribution in [3.05, 3.63) is 53.5 Å². The maximum Gasteiger partial charge on any atom is 0.287 e. The minimum Gasteiger partial charge on any atom is -0.494 e. The van der Waals surface area contributed by atoms with E-state index in [0.717, 1.165) is 11.3 Å². The van der Waals surface area contributed by atoms with Gasteiger partial charge in [0, 0.05) is 6.54 Å². The van der Waals surface area contributed by atoms with Crippen molar-refractivity contribution in [1.29, 1.82) is 0 Å². The molecule has 6 heteroatoms. The van der Waals surface area contributed by atoms with Crippen molar-refractivity contribution in [1.82, 2.24) is 5.32 Å². The fourth-order valence-corrected chi connectivity index (χ4v) is 2.31. The zero-order chi connectivity index (χ0) is 17.5. The summed E-state index contributed by atoms with van der Waals surface area (Å²) in [5.41, 5.74) is 6.40. The van der Waals surface area contributed by atoms with Crippen molar-refractivity contribution in [2.24, 2.45) is 11.7 Å². The number of benzene rings is 1. The number of ether oxygens (including phenoxy) is 1. The van der Waals surface area contributed by atoms with Gasteiger partial charge in [0.15, 0.2) is 5.76 Å². The molecule has 0 aliphatic heterocycles. The van der Waals surface area contributed by atoms with E-state index in [4.69, 9.17) is 14.9 Å². The molecule has 0 saturated heterocycles. The maximum atomic E-state index is 12.0. The zero-order valence-electron chi connectivity index (χ0n) is 13.9. The van der Waals surface area contributed by atoms with Gasteiger partial charge >= 0.3 is 0 Å². The average Bonchev–Trinajstić information content (AvgIpc) is 2.99. The number of hydrogen-bond donors (Lipinski definition) is 2. The highest BCUT2D eigenvalue weighted by atomic mass is 16.5. The molecule has 0 aliphatic carbocycles. The Morgan fingerprint density at radius 2 is 1.92 bits per heavy atom. The second kappa shape index (κ2) is 8.19. The van der Waals surface area contributed by atoms with Gasteiger partial charge in [-0.15, -0.1) is 0 Å². The van der Waals surface area contributed by atoms with E-state index in [9.17, 15) is 9.59 Å². The van der Waals surface area contributed by atoms with Crippen molar-refractivity contribution in [2.45, 2.75) is 20.3 Å². The molecule has 6 nitrogen and oxygen atoms in total. The Morgan fingerprint density at radius 1 is 1.21 bits per heavy atom. The molecule has 24 heavy (non-hydrogen) atoms. The first-order valence-electron chi connectivity index (χ1n) is 7.85. The molecule has 1 heterocycles. The lowest BCUT2D eigenvalue weighted by atomic mass is 9.98. The van der Waals surface area contributed by atoms with E-state index in [1.165, 1.54) is 0 Å². The summed E-state index contributed by atoms with van der Waals surface area (Å²) in [6.07, 6.45) is 0.444. The van der Waals surface area contributed by atoms with Crippen LogP contribution in [0.3, 0.4) is 0 Å². The van der Waals surface area contributed by atoms with Gasteiger partial charge in [0.25, 0.3) is 5.91 Å². The van der Waals surface area contributed by atoms with Crippen LogP contribution in [-0.2, 0) is 11.2 Å². The summed E-state index contributed by atoms with van der Waals surface area (Å²) >= 11 is 0. The van der Waals surface area contributed by atoms with E-state index in [2.05, 4.69) is 5.32 Å². The predicted molar refractivity (Wildman–Crippen MR) is 89.8 cm³/mol. The molecule has 0 bridgehead atoms. The summed E-state index contributed by atoms with van der Waals surface area (Å²) in [5, 5.41) is 2.69. The van der Waals surface area contributed by atoms with Crippen molar-refractivity contribution >= 4 is 11.8 Å². The third-order valence-corrected chi connectivity index (χ3v) is 3.59. The number of hydrogen-bond acceptors (Lipinski definition) is 4. The summed E-state index contributed by atoms with van der Waals surface area (Å²) in [7, 11) is 0. The minimum atomic E-state index is -0.497. The molecular weight excluding hydrogens is 308 g/mol. The molecule has 1 aromatic carbocycles. The Balaban J connectivity index is 1.94. The number of amides is 2. The van der Waals surface area contributed by atoms with Gasteiger partial charge < -0.3 is 20.2 Å². The number of nitrogens with two attached hydrogens (primary N) is 1. The van der Waals surface area contributed by atoms with Crippen molar-refractivity contribution in [2.75, 3.05) is 13.2 Å². The zero-order valence-corrected chi connectivity index (χ0v) is 13.9. The van der Waals surface area contributed by atoms with Gasteiger partial charge in [-0.1, -0.05) is 12.1 Å². The number of carbonyl (C=O) groups excluding carboxylic acids is 2. The van der Waals surface area contributed by atoms with E-state index in [0.29, 0.717) is 18.8 Å². The molecule has 3 N–H and O–H groups in total. The second-order valence-electron chi connectivity index (χ2n) is 5.50. The van der Waals surface area contributed by atoms with Gasteiger partial charge in [0.1, 0.15) is 11.5 Å². The molecule has 2 amide bonds. The van der Waals surface area contributed by atoms with Gasteiger partial charge in [-0.3, -0.25) is 9.59 Å². The Bertz CT molecular complexity index is 691. The van der Waals surface area contributed by atoms with E-state index in [1.807, 2.05) is 31.2 Å². The predicted octanol–water partition coefficient (Wildman–Crippen LogP) is 2.06. The van der Waals surface area contributed by atoms with Gasteiger partial charge in [0.2, 0.25) is 5.91 Å². The third-order valence-electron chi connectivity index (χ3n) is 3.59. The molecule has 2 aromatic rings. The summed E-state index contributed by atoms with van der Waals surface area (Å²) in [6.45, 7) is 4.43. The Morgan fingerprint density at radius 3 is 2.46 bits per heavy atom. The topological polar surface area (TPSA) is 94.6 Å². The quantitative estimate of drug-likeness (QED) is 0.774. The Kier molecular flexibility index (Phi) is 6.01. The summed E-state index contributed by atoms with van der Waals surface area (Å²) in [6, 6.07) is 10.8. The van der Waals surface area contributed by atoms with Gasteiger partial charge in [0.05, 0.1) is 12.5 Å². The first-order valence-corrected chi connectivity index (χ1v) is 7.85. The summed E-state index contributed by atoms with van der Waals surface area (Å²) in [4.78, 5) is 23.6. The van der Waals surface area contributed by atoms with Crippen LogP contribution in [0.2, 0.25) is 0 Å². The summed E-state index contributed by atoms with van der Waals surface area (Å²) < 4.78 is 10.6. The van der Waals surface area contributed by atoms with Crippen molar-refractivity contribution in [3.63, 3.8) is 0 Å². The molecule has 0 unspecified atom stereocenters. The van der Waals surface area contributed by atoms with Crippen LogP contribution in [0.5, 0.6) is 5.75 Å². The molecule has 1 atom stereocenters. The number of rotatable bonds is 8. The normalized spacial score (nSPS) is 11.8. The molecule has 1 aromatic heterocycles. The minimum absolute atomic E-state index is 0.154. The smallest absolute Gasteiger partial charge is 0.287 e. The van der Waals surface area contributed by atoms with Crippen LogP contribution in [-0.4, -0.2) is 25.0 Å². The first-order chi connectivity index (χ1) is 11.5. The highest BCUT2D eigenvalue weighted by Crippen LogP contribution is 2.15. The average molecular weight is 330 g/mol. The number of nitrogens with one attached hydrogen (secondary N) is 1. The number of aryl methyl sites for hydroxylation is 1. The molecule has 0 radical (unpaired) electrons. The van der Waals surface area contributed by atoms with Crippen molar-refractivity contribution < 1.29 is 18.7 Å². The monoisotopic (exact) mass is 330 g/mol. The molecule has 0 fully saturated rings. The fraction of sp³-hybridized carbons (Fsp3) is 0.333. The fourth-order valence-electron chi connectivity index (χ4n) is 2.31. The Hall–Kier alpha value is -2.76. The SMILES string of the molecule is CCOc1ccc(C[C@@H](CNC(=O)c2ccc(C)o2)C(N)=O)cc1. The molecule has 2 rings (SSSR count). The van der Waals surface area contributed by atoms with Crippen LogP contribution < -0.4 is 15.8 Å². The maximum absolute atomic E-state index is 12.0. The second-order valence-corrected chi connectivity index (χ2v) is 5.50. The lowest BCUT2D eigenvalue weighted by molar-refractivity contribution is -0.121. The highest BCUT2D eigenvalue weighted by Gasteiger charge is 2.18. The van der Waals surface area contributed by atoms with Crippen LogP contribution in [0.15, 0.2) is 40.8 Å². The summed E-state index contributed by atoms with van der Waals surface area (Å²) in [5.74, 6) is 0.333. The third kappa shape index (κ3) is 4.87. The first kappa shape index (κ1) is 17.6. The largest absolute Gasteiger partial charge is 0.494 e. The number of carbonyl (C=O) groups is 2. The van der Waals surface area contributed by atoms with Crippen LogP contribution >= 0.6 is 0 Å².